The Morgan fingerprint density at radius 3 is 1.68 bits per heavy atom. The third-order valence-electron chi connectivity index (χ3n) is 5.75. The average molecular weight is 431 g/mol. The van der Waals surface area contributed by atoms with Crippen LogP contribution in [-0.2, 0) is 4.79 Å². The van der Waals surface area contributed by atoms with Crippen LogP contribution in [0.5, 0.6) is 0 Å². The zero-order valence-electron chi connectivity index (χ0n) is 20.1. The van der Waals surface area contributed by atoms with Gasteiger partial charge in [0.15, 0.2) is 0 Å². The van der Waals surface area contributed by atoms with Gasteiger partial charge in [-0.2, -0.15) is 0 Å². The van der Waals surface area contributed by atoms with E-state index >= 15 is 0 Å². The summed E-state index contributed by atoms with van der Waals surface area (Å²) in [6, 6.07) is 7.18. The highest BCUT2D eigenvalue weighted by atomic mass is 16.2. The Morgan fingerprint density at radius 2 is 1.13 bits per heavy atom. The second kappa shape index (κ2) is 18.9. The summed E-state index contributed by atoms with van der Waals surface area (Å²) in [7, 11) is 0. The minimum atomic E-state index is -0.0373. The van der Waals surface area contributed by atoms with Crippen molar-refractivity contribution in [3.05, 3.63) is 29.8 Å². The zero-order chi connectivity index (χ0) is 22.6. The van der Waals surface area contributed by atoms with Gasteiger partial charge in [-0.3, -0.25) is 9.59 Å². The van der Waals surface area contributed by atoms with Crippen LogP contribution in [0.15, 0.2) is 24.3 Å². The summed E-state index contributed by atoms with van der Waals surface area (Å²) in [4.78, 5) is 24.3. The zero-order valence-corrected chi connectivity index (χ0v) is 20.1. The molecule has 0 aliphatic carbocycles. The van der Waals surface area contributed by atoms with Crippen LogP contribution < -0.4 is 10.6 Å². The number of carbonyl (C=O) groups is 2. The molecule has 0 fully saturated rings. The summed E-state index contributed by atoms with van der Waals surface area (Å²) in [6.45, 7) is 5.17. The maximum absolute atomic E-state index is 12.3. The molecule has 0 heterocycles. The smallest absolute Gasteiger partial charge is 0.251 e. The summed E-state index contributed by atoms with van der Waals surface area (Å²) in [5.41, 5.74) is 1.40. The van der Waals surface area contributed by atoms with Crippen molar-refractivity contribution < 1.29 is 9.59 Å². The Hall–Kier alpha value is -1.84. The molecule has 2 N–H and O–H groups in total. The van der Waals surface area contributed by atoms with Crippen LogP contribution in [0.4, 0.5) is 5.69 Å². The molecule has 0 spiro atoms. The fourth-order valence-corrected chi connectivity index (χ4v) is 3.73. The third-order valence-corrected chi connectivity index (χ3v) is 5.75. The highest BCUT2D eigenvalue weighted by Gasteiger charge is 2.06. The first-order valence-corrected chi connectivity index (χ1v) is 12.9. The molecule has 0 aromatic heterocycles. The standard InChI is InChI=1S/C27H46N2O2/c1-3-5-7-9-10-11-12-13-15-17-23-28-27(31)24-19-21-25(22-20-24)29-26(30)18-16-14-8-6-4-2/h19-22H,3-18,23H2,1-2H3,(H,28,31)(H,29,30). The lowest BCUT2D eigenvalue weighted by molar-refractivity contribution is -0.116. The van der Waals surface area contributed by atoms with Crippen LogP contribution in [0.1, 0.15) is 127 Å². The molecule has 176 valence electrons. The van der Waals surface area contributed by atoms with Crippen LogP contribution >= 0.6 is 0 Å². The maximum atomic E-state index is 12.3. The lowest BCUT2D eigenvalue weighted by Gasteiger charge is -2.08. The Kier molecular flexibility index (Phi) is 16.6. The number of amides is 2. The van der Waals surface area contributed by atoms with Crippen LogP contribution in [0.3, 0.4) is 0 Å². The van der Waals surface area contributed by atoms with Gasteiger partial charge < -0.3 is 10.6 Å². The van der Waals surface area contributed by atoms with Crippen molar-refractivity contribution in [1.29, 1.82) is 0 Å². The van der Waals surface area contributed by atoms with Gasteiger partial charge in [-0.1, -0.05) is 97.3 Å². The second-order valence-electron chi connectivity index (χ2n) is 8.73. The van der Waals surface area contributed by atoms with Gasteiger partial charge in [-0.15, -0.1) is 0 Å². The number of benzene rings is 1. The van der Waals surface area contributed by atoms with Gasteiger partial charge in [0.1, 0.15) is 0 Å². The first kappa shape index (κ1) is 27.2. The second-order valence-corrected chi connectivity index (χ2v) is 8.73. The topological polar surface area (TPSA) is 58.2 Å². The summed E-state index contributed by atoms with van der Waals surface area (Å²) in [6.07, 6.45) is 19.2. The molecule has 4 nitrogen and oxygen atoms in total. The van der Waals surface area contributed by atoms with E-state index in [0.29, 0.717) is 12.0 Å². The lowest BCUT2D eigenvalue weighted by Crippen LogP contribution is -2.24. The van der Waals surface area contributed by atoms with E-state index in [1.807, 2.05) is 12.1 Å². The molecule has 0 atom stereocenters. The number of nitrogens with one attached hydrogen (secondary N) is 2. The van der Waals surface area contributed by atoms with E-state index in [9.17, 15) is 9.59 Å². The number of hydrogen-bond acceptors (Lipinski definition) is 2. The molecule has 0 bridgehead atoms. The van der Waals surface area contributed by atoms with E-state index in [0.717, 1.165) is 31.5 Å². The van der Waals surface area contributed by atoms with Gasteiger partial charge in [-0.25, -0.2) is 0 Å². The Bertz CT molecular complexity index is 583. The van der Waals surface area contributed by atoms with E-state index in [-0.39, 0.29) is 11.8 Å². The van der Waals surface area contributed by atoms with E-state index in [2.05, 4.69) is 24.5 Å². The van der Waals surface area contributed by atoms with Gasteiger partial charge in [0.05, 0.1) is 0 Å². The molecule has 1 aromatic carbocycles. The monoisotopic (exact) mass is 430 g/mol. The van der Waals surface area contributed by atoms with Crippen molar-refractivity contribution in [1.82, 2.24) is 5.32 Å². The van der Waals surface area contributed by atoms with Crippen molar-refractivity contribution >= 4 is 17.5 Å². The number of rotatable bonds is 19. The number of hydrogen-bond donors (Lipinski definition) is 2. The van der Waals surface area contributed by atoms with Crippen molar-refractivity contribution in [3.63, 3.8) is 0 Å². The summed E-state index contributed by atoms with van der Waals surface area (Å²) in [5, 5.41) is 5.92. The molecule has 0 aliphatic heterocycles. The molecule has 4 heteroatoms. The van der Waals surface area contributed by atoms with Crippen molar-refractivity contribution in [2.45, 2.75) is 117 Å². The van der Waals surface area contributed by atoms with E-state index in [4.69, 9.17) is 0 Å². The normalized spacial score (nSPS) is 10.8. The maximum Gasteiger partial charge on any atom is 0.251 e. The first-order valence-electron chi connectivity index (χ1n) is 12.9. The minimum Gasteiger partial charge on any atom is -0.352 e. The fraction of sp³-hybridized carbons (Fsp3) is 0.704. The molecule has 1 rings (SSSR count). The number of carbonyl (C=O) groups excluding carboxylic acids is 2. The van der Waals surface area contributed by atoms with E-state index in [1.165, 1.54) is 77.0 Å². The molecule has 2 amide bonds. The number of unbranched alkanes of at least 4 members (excludes halogenated alkanes) is 13. The van der Waals surface area contributed by atoms with Gasteiger partial charge in [0.25, 0.3) is 5.91 Å². The third kappa shape index (κ3) is 14.7. The quantitative estimate of drug-likeness (QED) is 0.222. The van der Waals surface area contributed by atoms with Crippen molar-refractivity contribution in [2.75, 3.05) is 11.9 Å². The average Bonchev–Trinajstić information content (AvgIpc) is 2.77. The predicted molar refractivity (Wildman–Crippen MR) is 133 cm³/mol. The number of anilines is 1. The van der Waals surface area contributed by atoms with Crippen LogP contribution in [0.2, 0.25) is 0 Å². The summed E-state index contributed by atoms with van der Waals surface area (Å²) in [5.74, 6) is 0.0133. The molecule has 0 radical (unpaired) electrons. The molecule has 0 saturated heterocycles. The molecule has 0 saturated carbocycles. The van der Waals surface area contributed by atoms with E-state index in [1.54, 1.807) is 12.1 Å². The summed E-state index contributed by atoms with van der Waals surface area (Å²) >= 11 is 0. The lowest BCUT2D eigenvalue weighted by atomic mass is 10.1. The molecule has 0 aliphatic rings. The van der Waals surface area contributed by atoms with Crippen LogP contribution in [0, 0.1) is 0 Å². The highest BCUT2D eigenvalue weighted by molar-refractivity contribution is 5.95. The fourth-order valence-electron chi connectivity index (χ4n) is 3.73. The predicted octanol–water partition coefficient (Wildman–Crippen LogP) is 7.64. The molecule has 1 aromatic rings. The van der Waals surface area contributed by atoms with Gasteiger partial charge >= 0.3 is 0 Å². The Balaban J connectivity index is 2.09. The largest absolute Gasteiger partial charge is 0.352 e. The van der Waals surface area contributed by atoms with Gasteiger partial charge in [-0.05, 0) is 37.1 Å². The molecule has 0 unspecified atom stereocenters. The van der Waals surface area contributed by atoms with Gasteiger partial charge in [0.2, 0.25) is 5.91 Å². The summed E-state index contributed by atoms with van der Waals surface area (Å²) < 4.78 is 0. The van der Waals surface area contributed by atoms with Gasteiger partial charge in [0, 0.05) is 24.2 Å². The first-order chi connectivity index (χ1) is 15.2. The Morgan fingerprint density at radius 1 is 0.645 bits per heavy atom. The van der Waals surface area contributed by atoms with E-state index < -0.39 is 0 Å². The molecular formula is C27H46N2O2. The van der Waals surface area contributed by atoms with Crippen LogP contribution in [0.25, 0.3) is 0 Å². The minimum absolute atomic E-state index is 0.0373. The van der Waals surface area contributed by atoms with Crippen molar-refractivity contribution in [3.8, 4) is 0 Å². The van der Waals surface area contributed by atoms with Crippen LogP contribution in [-0.4, -0.2) is 18.4 Å². The highest BCUT2D eigenvalue weighted by Crippen LogP contribution is 2.12. The molecular weight excluding hydrogens is 384 g/mol. The Labute approximate surface area is 191 Å². The molecule has 31 heavy (non-hydrogen) atoms. The van der Waals surface area contributed by atoms with Crippen molar-refractivity contribution in [2.24, 2.45) is 0 Å². The SMILES string of the molecule is CCCCCCCCCCCCNC(=O)c1ccc(NC(=O)CCCCCCC)cc1.